The molecule has 0 bridgehead atoms. The Hall–Kier alpha value is -3.92. The molecule has 0 aliphatic heterocycles. The van der Waals surface area contributed by atoms with Crippen molar-refractivity contribution in [3.63, 3.8) is 0 Å². The van der Waals surface area contributed by atoms with Crippen LogP contribution in [0.25, 0.3) is 0 Å². The number of hydrogen-bond donors (Lipinski definition) is 2. The molecule has 0 spiro atoms. The van der Waals surface area contributed by atoms with Crippen LogP contribution < -0.4 is 10.1 Å². The van der Waals surface area contributed by atoms with Crippen molar-refractivity contribution in [3.05, 3.63) is 74.6 Å². The summed E-state index contributed by atoms with van der Waals surface area (Å²) in [4.78, 5) is 34.5. The Bertz CT molecular complexity index is 1170. The smallest absolute Gasteiger partial charge is 0.339 e. The van der Waals surface area contributed by atoms with Crippen molar-refractivity contribution < 1.29 is 24.4 Å². The van der Waals surface area contributed by atoms with E-state index in [-0.39, 0.29) is 28.4 Å². The second-order valence-electron chi connectivity index (χ2n) is 6.31. The number of carboxylic acids is 1. The van der Waals surface area contributed by atoms with Crippen LogP contribution >= 0.6 is 11.6 Å². The molecule has 1 aromatic heterocycles. The predicted octanol–water partition coefficient (Wildman–Crippen LogP) is 4.03. The van der Waals surface area contributed by atoms with Crippen molar-refractivity contribution in [2.45, 2.75) is 6.92 Å². The highest BCUT2D eigenvalue weighted by molar-refractivity contribution is 6.30. The molecule has 0 aliphatic carbocycles. The van der Waals surface area contributed by atoms with Crippen molar-refractivity contribution >= 4 is 34.9 Å². The molecule has 154 valence electrons. The number of amides is 1. The summed E-state index contributed by atoms with van der Waals surface area (Å²) < 4.78 is 6.90. The minimum absolute atomic E-state index is 0.0396. The van der Waals surface area contributed by atoms with Crippen molar-refractivity contribution in [3.8, 4) is 11.5 Å². The van der Waals surface area contributed by atoms with Crippen LogP contribution in [0.3, 0.4) is 0 Å². The number of carboxylic acid groups (broad SMARTS) is 1. The average Bonchev–Trinajstić information content (AvgIpc) is 3.06. The summed E-state index contributed by atoms with van der Waals surface area (Å²) in [6, 6.07) is 8.60. The summed E-state index contributed by atoms with van der Waals surface area (Å²) in [6.45, 7) is 1.76. The van der Waals surface area contributed by atoms with E-state index in [2.05, 4.69) is 10.4 Å². The van der Waals surface area contributed by atoms with Crippen LogP contribution in [0.5, 0.6) is 11.5 Å². The number of nitrogens with zero attached hydrogens (tertiary/aromatic N) is 3. The summed E-state index contributed by atoms with van der Waals surface area (Å²) in [5.74, 6) is -1.63. The van der Waals surface area contributed by atoms with Gasteiger partial charge in [0.05, 0.1) is 16.7 Å². The third-order valence-electron chi connectivity index (χ3n) is 4.00. The number of ether oxygens (including phenoxy) is 1. The Morgan fingerprint density at radius 2 is 2.00 bits per heavy atom. The fraction of sp³-hybridized carbons (Fsp3) is 0.105. The second kappa shape index (κ2) is 8.21. The number of nitrogens with one attached hydrogen (secondary N) is 1. The van der Waals surface area contributed by atoms with Crippen molar-refractivity contribution in [2.24, 2.45) is 7.05 Å². The molecule has 0 atom stereocenters. The first-order chi connectivity index (χ1) is 14.1. The van der Waals surface area contributed by atoms with Crippen LogP contribution in [0.4, 0.5) is 11.4 Å². The average molecular weight is 431 g/mol. The van der Waals surface area contributed by atoms with Crippen LogP contribution in [0.1, 0.15) is 26.4 Å². The first kappa shape index (κ1) is 20.8. The van der Waals surface area contributed by atoms with Gasteiger partial charge in [-0.1, -0.05) is 11.6 Å². The van der Waals surface area contributed by atoms with E-state index in [1.807, 2.05) is 0 Å². The minimum atomic E-state index is -1.32. The molecular weight excluding hydrogens is 416 g/mol. The van der Waals surface area contributed by atoms with Gasteiger partial charge in [-0.3, -0.25) is 19.6 Å². The fourth-order valence-corrected chi connectivity index (χ4v) is 2.90. The van der Waals surface area contributed by atoms with Crippen molar-refractivity contribution in [1.82, 2.24) is 9.78 Å². The molecule has 1 heterocycles. The number of nitro groups is 1. The molecule has 3 rings (SSSR count). The summed E-state index contributed by atoms with van der Waals surface area (Å²) >= 11 is 5.92. The zero-order chi connectivity index (χ0) is 22.0. The van der Waals surface area contributed by atoms with E-state index in [0.29, 0.717) is 16.3 Å². The highest BCUT2D eigenvalue weighted by Crippen LogP contribution is 2.32. The Balaban J connectivity index is 1.94. The number of carbonyl (C=O) groups is 2. The topological polar surface area (TPSA) is 137 Å². The van der Waals surface area contributed by atoms with Gasteiger partial charge in [-0.2, -0.15) is 5.10 Å². The number of aromatic carboxylic acids is 1. The minimum Gasteiger partial charge on any atom is -0.478 e. The Labute approximate surface area is 174 Å². The normalized spacial score (nSPS) is 10.5. The number of rotatable bonds is 6. The quantitative estimate of drug-likeness (QED) is 0.444. The van der Waals surface area contributed by atoms with Gasteiger partial charge in [0.15, 0.2) is 5.69 Å². The molecule has 2 N–H and O–H groups in total. The van der Waals surface area contributed by atoms with E-state index in [1.54, 1.807) is 25.1 Å². The lowest BCUT2D eigenvalue weighted by atomic mass is 10.2. The first-order valence-electron chi connectivity index (χ1n) is 8.46. The molecule has 3 aromatic rings. The van der Waals surface area contributed by atoms with E-state index in [9.17, 15) is 24.8 Å². The number of non-ortho nitro benzene ring substituents is 1. The molecular formula is C19H15ClN4O6. The van der Waals surface area contributed by atoms with Gasteiger partial charge in [0.1, 0.15) is 17.1 Å². The SMILES string of the molecule is Cc1cc(Cl)ccc1Oc1cc(NC(=O)c2nn(C)cc2C(=O)O)cc([N+](=O)[O-])c1. The highest BCUT2D eigenvalue weighted by Gasteiger charge is 2.22. The van der Waals surface area contributed by atoms with Crippen LogP contribution in [-0.4, -0.2) is 31.7 Å². The Morgan fingerprint density at radius 1 is 1.27 bits per heavy atom. The fourth-order valence-electron chi connectivity index (χ4n) is 2.68. The van der Waals surface area contributed by atoms with E-state index >= 15 is 0 Å². The number of anilines is 1. The van der Waals surface area contributed by atoms with Crippen LogP contribution in [0, 0.1) is 17.0 Å². The van der Waals surface area contributed by atoms with Gasteiger partial charge in [0.2, 0.25) is 0 Å². The third-order valence-corrected chi connectivity index (χ3v) is 4.23. The molecule has 10 nitrogen and oxygen atoms in total. The monoisotopic (exact) mass is 430 g/mol. The molecule has 2 aromatic carbocycles. The third kappa shape index (κ3) is 4.55. The number of aryl methyl sites for hydroxylation is 2. The second-order valence-corrected chi connectivity index (χ2v) is 6.75. The number of aromatic nitrogens is 2. The molecule has 1 amide bonds. The summed E-state index contributed by atoms with van der Waals surface area (Å²) in [7, 11) is 1.47. The Morgan fingerprint density at radius 3 is 2.63 bits per heavy atom. The van der Waals surface area contributed by atoms with Gasteiger partial charge in [-0.15, -0.1) is 0 Å². The zero-order valence-corrected chi connectivity index (χ0v) is 16.5. The van der Waals surface area contributed by atoms with Gasteiger partial charge < -0.3 is 15.2 Å². The van der Waals surface area contributed by atoms with Gasteiger partial charge in [-0.25, -0.2) is 4.79 Å². The van der Waals surface area contributed by atoms with E-state index < -0.39 is 16.8 Å². The molecule has 0 aliphatic rings. The zero-order valence-electron chi connectivity index (χ0n) is 15.7. The summed E-state index contributed by atoms with van der Waals surface area (Å²) in [5.41, 5.74) is -0.202. The maximum atomic E-state index is 12.5. The largest absolute Gasteiger partial charge is 0.478 e. The molecule has 11 heteroatoms. The summed E-state index contributed by atoms with van der Waals surface area (Å²) in [6.07, 6.45) is 1.18. The van der Waals surface area contributed by atoms with Crippen LogP contribution in [0.2, 0.25) is 5.02 Å². The maximum Gasteiger partial charge on any atom is 0.339 e. The lowest BCUT2D eigenvalue weighted by molar-refractivity contribution is -0.384. The lowest BCUT2D eigenvalue weighted by Gasteiger charge is -2.11. The standard InChI is InChI=1S/C19H15ClN4O6/c1-10-5-11(20)3-4-16(10)30-14-7-12(6-13(8-14)24(28)29)21-18(25)17-15(19(26)27)9-23(2)22-17/h3-9H,1-2H3,(H,21,25)(H,26,27). The van der Waals surface area contributed by atoms with Crippen LogP contribution in [0.15, 0.2) is 42.6 Å². The number of carbonyl (C=O) groups excluding carboxylic acids is 1. The number of nitro benzene ring substituents is 1. The van der Waals surface area contributed by atoms with Gasteiger partial charge >= 0.3 is 5.97 Å². The molecule has 0 radical (unpaired) electrons. The highest BCUT2D eigenvalue weighted by atomic mass is 35.5. The van der Waals surface area contributed by atoms with E-state index in [4.69, 9.17) is 16.3 Å². The van der Waals surface area contributed by atoms with Gasteiger partial charge in [-0.05, 0) is 30.7 Å². The van der Waals surface area contributed by atoms with E-state index in [1.165, 1.54) is 30.1 Å². The summed E-state index contributed by atoms with van der Waals surface area (Å²) in [5, 5.41) is 27.3. The van der Waals surface area contributed by atoms with Crippen molar-refractivity contribution in [2.75, 3.05) is 5.32 Å². The number of benzene rings is 2. The molecule has 0 unspecified atom stereocenters. The molecule has 0 saturated carbocycles. The van der Waals surface area contributed by atoms with Gasteiger partial charge in [0, 0.05) is 30.4 Å². The molecule has 0 fully saturated rings. The first-order valence-corrected chi connectivity index (χ1v) is 8.83. The van der Waals surface area contributed by atoms with Crippen molar-refractivity contribution in [1.29, 1.82) is 0 Å². The molecule has 30 heavy (non-hydrogen) atoms. The van der Waals surface area contributed by atoms with Gasteiger partial charge in [0.25, 0.3) is 11.6 Å². The predicted molar refractivity (Wildman–Crippen MR) is 107 cm³/mol. The van der Waals surface area contributed by atoms with E-state index in [0.717, 1.165) is 6.07 Å². The maximum absolute atomic E-state index is 12.5. The lowest BCUT2D eigenvalue weighted by Crippen LogP contribution is -2.16. The Kier molecular flexibility index (Phi) is 5.70. The molecule has 0 saturated heterocycles. The van der Waals surface area contributed by atoms with Crippen LogP contribution in [-0.2, 0) is 7.05 Å². The number of hydrogen-bond acceptors (Lipinski definition) is 6. The number of halogens is 1.